The van der Waals surface area contributed by atoms with Crippen molar-refractivity contribution in [2.75, 3.05) is 14.2 Å². The van der Waals surface area contributed by atoms with Gasteiger partial charge in [0.2, 0.25) is 5.91 Å². The first-order valence-corrected chi connectivity index (χ1v) is 5.18. The molecule has 0 heterocycles. The molecule has 0 aliphatic heterocycles. The minimum absolute atomic E-state index is 0.0594. The third-order valence-corrected chi connectivity index (χ3v) is 2.34. The number of nitrogens with zero attached hydrogens (tertiary/aromatic N) is 1. The van der Waals surface area contributed by atoms with E-state index in [1.807, 2.05) is 24.3 Å². The van der Waals surface area contributed by atoms with Crippen molar-refractivity contribution >= 4 is 5.91 Å². The van der Waals surface area contributed by atoms with Crippen LogP contribution >= 0.6 is 0 Å². The summed E-state index contributed by atoms with van der Waals surface area (Å²) < 4.78 is 5.06. The lowest BCUT2D eigenvalue weighted by Gasteiger charge is -2.19. The van der Waals surface area contributed by atoms with Crippen molar-refractivity contribution in [1.29, 1.82) is 0 Å². The largest absolute Gasteiger partial charge is 0.497 e. The summed E-state index contributed by atoms with van der Waals surface area (Å²) in [6, 6.07) is 7.16. The van der Waals surface area contributed by atoms with Gasteiger partial charge in [-0.25, -0.2) is 0 Å². The fraction of sp³-hybridized carbons (Fsp3) is 0.417. The minimum Gasteiger partial charge on any atom is -0.497 e. The van der Waals surface area contributed by atoms with E-state index in [9.17, 15) is 4.79 Å². The number of nitrogens with two attached hydrogens (primary N) is 1. The van der Waals surface area contributed by atoms with Crippen LogP contribution in [0.4, 0.5) is 0 Å². The van der Waals surface area contributed by atoms with Crippen molar-refractivity contribution in [3.8, 4) is 5.75 Å². The van der Waals surface area contributed by atoms with E-state index in [2.05, 4.69) is 0 Å². The average molecular weight is 222 g/mol. The van der Waals surface area contributed by atoms with Gasteiger partial charge in [0.05, 0.1) is 13.2 Å². The van der Waals surface area contributed by atoms with Gasteiger partial charge in [0.25, 0.3) is 0 Å². The molecule has 1 aromatic rings. The highest BCUT2D eigenvalue weighted by Crippen LogP contribution is 2.12. The van der Waals surface area contributed by atoms with E-state index in [4.69, 9.17) is 10.5 Å². The Labute approximate surface area is 96.0 Å². The molecule has 0 spiro atoms. The van der Waals surface area contributed by atoms with Gasteiger partial charge in [-0.3, -0.25) is 4.79 Å². The van der Waals surface area contributed by atoms with Gasteiger partial charge in [0, 0.05) is 13.6 Å². The summed E-state index contributed by atoms with van der Waals surface area (Å²) in [5, 5.41) is 0. The molecule has 0 saturated carbocycles. The van der Waals surface area contributed by atoms with E-state index >= 15 is 0 Å². The van der Waals surface area contributed by atoms with E-state index in [0.29, 0.717) is 6.54 Å². The van der Waals surface area contributed by atoms with Crippen LogP contribution in [0.25, 0.3) is 0 Å². The normalized spacial score (nSPS) is 12.0. The van der Waals surface area contributed by atoms with Gasteiger partial charge in [-0.05, 0) is 24.6 Å². The van der Waals surface area contributed by atoms with Crippen molar-refractivity contribution in [1.82, 2.24) is 4.90 Å². The van der Waals surface area contributed by atoms with Crippen molar-refractivity contribution in [3.05, 3.63) is 29.8 Å². The Morgan fingerprint density at radius 3 is 2.44 bits per heavy atom. The maximum atomic E-state index is 11.5. The van der Waals surface area contributed by atoms with E-state index in [-0.39, 0.29) is 5.91 Å². The van der Waals surface area contributed by atoms with Crippen LogP contribution < -0.4 is 10.5 Å². The second-order valence-corrected chi connectivity index (χ2v) is 3.83. The van der Waals surface area contributed by atoms with E-state index in [0.717, 1.165) is 11.3 Å². The van der Waals surface area contributed by atoms with Crippen LogP contribution in [0.1, 0.15) is 12.5 Å². The molecule has 1 amide bonds. The number of benzene rings is 1. The Hall–Kier alpha value is -1.55. The highest BCUT2D eigenvalue weighted by atomic mass is 16.5. The number of carbonyl (C=O) groups excluding carboxylic acids is 1. The van der Waals surface area contributed by atoms with Gasteiger partial charge in [0.1, 0.15) is 5.75 Å². The molecule has 88 valence electrons. The quantitative estimate of drug-likeness (QED) is 0.827. The van der Waals surface area contributed by atoms with Crippen LogP contribution in [0, 0.1) is 0 Å². The van der Waals surface area contributed by atoms with Crippen molar-refractivity contribution in [2.45, 2.75) is 19.5 Å². The molecule has 4 nitrogen and oxygen atoms in total. The highest BCUT2D eigenvalue weighted by Gasteiger charge is 2.13. The first-order valence-electron chi connectivity index (χ1n) is 5.18. The highest BCUT2D eigenvalue weighted by molar-refractivity contribution is 5.80. The fourth-order valence-electron chi connectivity index (χ4n) is 1.43. The van der Waals surface area contributed by atoms with Gasteiger partial charge >= 0.3 is 0 Å². The molecule has 0 bridgehead atoms. The number of ether oxygens (including phenoxy) is 1. The molecule has 0 aliphatic rings. The molecule has 1 aromatic carbocycles. The predicted octanol–water partition coefficient (Wildman–Crippen LogP) is 1.00. The van der Waals surface area contributed by atoms with Crippen LogP contribution in [0.15, 0.2) is 24.3 Å². The zero-order valence-corrected chi connectivity index (χ0v) is 9.93. The van der Waals surface area contributed by atoms with Crippen molar-refractivity contribution in [3.63, 3.8) is 0 Å². The zero-order valence-electron chi connectivity index (χ0n) is 9.93. The zero-order chi connectivity index (χ0) is 12.1. The molecule has 0 radical (unpaired) electrons. The molecule has 0 aromatic heterocycles. The Balaban J connectivity index is 2.62. The average Bonchev–Trinajstić information content (AvgIpc) is 2.28. The molecule has 16 heavy (non-hydrogen) atoms. The van der Waals surface area contributed by atoms with E-state index in [1.165, 1.54) is 0 Å². The number of hydrogen-bond acceptors (Lipinski definition) is 3. The molecule has 1 rings (SSSR count). The number of methoxy groups -OCH3 is 1. The van der Waals surface area contributed by atoms with E-state index < -0.39 is 6.04 Å². The summed E-state index contributed by atoms with van der Waals surface area (Å²) in [4.78, 5) is 13.2. The Kier molecular flexibility index (Phi) is 4.31. The van der Waals surface area contributed by atoms with Gasteiger partial charge in [-0.1, -0.05) is 12.1 Å². The van der Waals surface area contributed by atoms with Gasteiger partial charge in [-0.2, -0.15) is 0 Å². The van der Waals surface area contributed by atoms with Crippen LogP contribution in [0.5, 0.6) is 5.75 Å². The number of amides is 1. The molecule has 0 saturated heterocycles. The summed E-state index contributed by atoms with van der Waals surface area (Å²) in [6.07, 6.45) is 0. The number of hydrogen-bond donors (Lipinski definition) is 1. The Morgan fingerprint density at radius 1 is 1.44 bits per heavy atom. The van der Waals surface area contributed by atoms with Crippen LogP contribution in [0.2, 0.25) is 0 Å². The van der Waals surface area contributed by atoms with Gasteiger partial charge < -0.3 is 15.4 Å². The van der Waals surface area contributed by atoms with Crippen molar-refractivity contribution in [2.24, 2.45) is 5.73 Å². The molecule has 2 N–H and O–H groups in total. The summed E-state index contributed by atoms with van der Waals surface area (Å²) in [5.74, 6) is 0.751. The topological polar surface area (TPSA) is 55.6 Å². The van der Waals surface area contributed by atoms with Gasteiger partial charge in [-0.15, -0.1) is 0 Å². The van der Waals surface area contributed by atoms with Crippen LogP contribution in [-0.2, 0) is 11.3 Å². The molecule has 0 aliphatic carbocycles. The lowest BCUT2D eigenvalue weighted by molar-refractivity contribution is -0.131. The molecule has 0 fully saturated rings. The van der Waals surface area contributed by atoms with E-state index in [1.54, 1.807) is 26.0 Å². The summed E-state index contributed by atoms with van der Waals surface area (Å²) >= 11 is 0. The molecular weight excluding hydrogens is 204 g/mol. The predicted molar refractivity (Wildman–Crippen MR) is 63.1 cm³/mol. The van der Waals surface area contributed by atoms with Crippen molar-refractivity contribution < 1.29 is 9.53 Å². The molecule has 1 atom stereocenters. The lowest BCUT2D eigenvalue weighted by Crippen LogP contribution is -2.39. The minimum atomic E-state index is -0.455. The lowest BCUT2D eigenvalue weighted by atomic mass is 10.2. The third-order valence-electron chi connectivity index (χ3n) is 2.34. The smallest absolute Gasteiger partial charge is 0.239 e. The number of carbonyl (C=O) groups is 1. The summed E-state index contributed by atoms with van der Waals surface area (Å²) in [6.45, 7) is 2.25. The Morgan fingerprint density at radius 2 is 2.00 bits per heavy atom. The first kappa shape index (κ1) is 12.5. The first-order chi connectivity index (χ1) is 7.54. The fourth-order valence-corrected chi connectivity index (χ4v) is 1.43. The monoisotopic (exact) mass is 222 g/mol. The summed E-state index contributed by atoms with van der Waals surface area (Å²) in [5.41, 5.74) is 6.58. The maximum absolute atomic E-state index is 11.5. The molecule has 4 heteroatoms. The number of likely N-dealkylation sites (N-methyl/N-ethyl adjacent to an activating group) is 1. The second kappa shape index (κ2) is 5.51. The summed E-state index contributed by atoms with van der Waals surface area (Å²) in [7, 11) is 3.37. The maximum Gasteiger partial charge on any atom is 0.239 e. The number of rotatable bonds is 4. The Bertz CT molecular complexity index is 347. The van der Waals surface area contributed by atoms with Crippen LogP contribution in [0.3, 0.4) is 0 Å². The SMILES string of the molecule is COc1ccc(CN(C)C(=O)[C@@H](C)N)cc1. The standard InChI is InChI=1S/C12H18N2O2/c1-9(13)12(15)14(2)8-10-4-6-11(16-3)7-5-10/h4-7,9H,8,13H2,1-3H3/t9-/m1/s1. The molecular formula is C12H18N2O2. The van der Waals surface area contributed by atoms with Gasteiger partial charge in [0.15, 0.2) is 0 Å². The van der Waals surface area contributed by atoms with Crippen LogP contribution in [-0.4, -0.2) is 31.0 Å². The molecule has 0 unspecified atom stereocenters. The second-order valence-electron chi connectivity index (χ2n) is 3.83. The third kappa shape index (κ3) is 3.24.